The fourth-order valence-corrected chi connectivity index (χ4v) is 4.61. The van der Waals surface area contributed by atoms with E-state index in [2.05, 4.69) is 10.0 Å². The Morgan fingerprint density at radius 2 is 2.15 bits per heavy atom. The van der Waals surface area contributed by atoms with Crippen LogP contribution in [0.15, 0.2) is 16.3 Å². The minimum atomic E-state index is -3.48. The highest BCUT2D eigenvalue weighted by atomic mass is 32.2. The smallest absolute Gasteiger partial charge is 0.242 e. The Hall–Kier alpha value is -0.470. The van der Waals surface area contributed by atoms with Gasteiger partial charge in [0.05, 0.1) is 11.5 Å². The second-order valence-electron chi connectivity index (χ2n) is 4.55. The third kappa shape index (κ3) is 5.14. The van der Waals surface area contributed by atoms with Gasteiger partial charge in [0.1, 0.15) is 0 Å². The Labute approximate surface area is 125 Å². The lowest BCUT2D eigenvalue weighted by molar-refractivity contribution is 0.171. The molecule has 0 saturated carbocycles. The largest absolute Gasteiger partial charge is 0.383 e. The van der Waals surface area contributed by atoms with Crippen LogP contribution in [0.5, 0.6) is 0 Å². The molecular weight excluding hydrogens is 296 g/mol. The molecular formula is C13H24N2O3S2. The third-order valence-electron chi connectivity index (χ3n) is 2.86. The highest BCUT2D eigenvalue weighted by Gasteiger charge is 2.23. The predicted molar refractivity (Wildman–Crippen MR) is 82.6 cm³/mol. The highest BCUT2D eigenvalue weighted by molar-refractivity contribution is 7.89. The molecule has 7 heteroatoms. The van der Waals surface area contributed by atoms with Gasteiger partial charge in [0.15, 0.2) is 0 Å². The van der Waals surface area contributed by atoms with Gasteiger partial charge in [-0.1, -0.05) is 20.3 Å². The van der Waals surface area contributed by atoms with E-state index in [1.165, 1.54) is 11.3 Å². The van der Waals surface area contributed by atoms with Gasteiger partial charge >= 0.3 is 0 Å². The topological polar surface area (TPSA) is 67.4 Å². The maximum Gasteiger partial charge on any atom is 0.242 e. The first-order chi connectivity index (χ1) is 9.55. The second-order valence-corrected chi connectivity index (χ2v) is 7.23. The van der Waals surface area contributed by atoms with Crippen molar-refractivity contribution < 1.29 is 13.2 Å². The normalized spacial score (nSPS) is 13.6. The van der Waals surface area contributed by atoms with E-state index in [9.17, 15) is 8.42 Å². The summed E-state index contributed by atoms with van der Waals surface area (Å²) in [6.07, 6.45) is 1.67. The number of rotatable bonds is 10. The van der Waals surface area contributed by atoms with Crippen molar-refractivity contribution in [1.82, 2.24) is 10.0 Å². The van der Waals surface area contributed by atoms with E-state index < -0.39 is 10.0 Å². The quantitative estimate of drug-likeness (QED) is 0.691. The monoisotopic (exact) mass is 320 g/mol. The fraction of sp³-hybridized carbons (Fsp3) is 0.692. The zero-order chi connectivity index (χ0) is 15.0. The van der Waals surface area contributed by atoms with E-state index in [4.69, 9.17) is 4.74 Å². The summed E-state index contributed by atoms with van der Waals surface area (Å²) in [7, 11) is -1.90. The summed E-state index contributed by atoms with van der Waals surface area (Å²) < 4.78 is 32.7. The van der Waals surface area contributed by atoms with Gasteiger partial charge in [0.2, 0.25) is 10.0 Å². The summed E-state index contributed by atoms with van der Waals surface area (Å²) in [5.74, 6) is 0. The van der Waals surface area contributed by atoms with Crippen molar-refractivity contribution in [2.45, 2.75) is 44.2 Å². The molecule has 0 saturated heterocycles. The molecule has 0 amide bonds. The second kappa shape index (κ2) is 8.74. The maximum atomic E-state index is 12.4. The first kappa shape index (κ1) is 17.6. The number of sulfonamides is 1. The van der Waals surface area contributed by atoms with Crippen molar-refractivity contribution in [1.29, 1.82) is 0 Å². The summed E-state index contributed by atoms with van der Waals surface area (Å²) in [4.78, 5) is 1.22. The van der Waals surface area contributed by atoms with E-state index in [1.807, 2.05) is 19.2 Å². The molecule has 1 aromatic heterocycles. The number of ether oxygens (including phenoxy) is 1. The van der Waals surface area contributed by atoms with Gasteiger partial charge in [0, 0.05) is 24.6 Å². The van der Waals surface area contributed by atoms with Gasteiger partial charge in [-0.15, -0.1) is 11.3 Å². The van der Waals surface area contributed by atoms with Gasteiger partial charge in [-0.2, -0.15) is 0 Å². The fourth-order valence-electron chi connectivity index (χ4n) is 1.94. The number of hydrogen-bond acceptors (Lipinski definition) is 5. The Morgan fingerprint density at radius 3 is 2.75 bits per heavy atom. The molecule has 0 fully saturated rings. The zero-order valence-corrected chi connectivity index (χ0v) is 13.9. The van der Waals surface area contributed by atoms with Crippen LogP contribution in [0.4, 0.5) is 0 Å². The van der Waals surface area contributed by atoms with Gasteiger partial charge in [0.25, 0.3) is 0 Å². The van der Waals surface area contributed by atoms with Crippen molar-refractivity contribution >= 4 is 21.4 Å². The van der Waals surface area contributed by atoms with Crippen molar-refractivity contribution in [2.75, 3.05) is 20.3 Å². The molecule has 0 radical (unpaired) electrons. The first-order valence-electron chi connectivity index (χ1n) is 6.83. The minimum Gasteiger partial charge on any atom is -0.383 e. The molecule has 1 aromatic rings. The molecule has 0 bridgehead atoms. The van der Waals surface area contributed by atoms with Crippen LogP contribution >= 0.6 is 11.3 Å². The molecule has 1 rings (SSSR count). The minimum absolute atomic E-state index is 0.179. The Balaban J connectivity index is 2.84. The number of hydrogen-bond donors (Lipinski definition) is 2. The molecule has 1 unspecified atom stereocenters. The lowest BCUT2D eigenvalue weighted by atomic mass is 10.2. The number of methoxy groups -OCH3 is 1. The zero-order valence-electron chi connectivity index (χ0n) is 12.3. The van der Waals surface area contributed by atoms with Crippen LogP contribution in [-0.2, 0) is 21.3 Å². The SMILES string of the molecule is CCCC(COC)NS(=O)(=O)c1ccsc1CNCC. The van der Waals surface area contributed by atoms with Crippen molar-refractivity contribution in [3.8, 4) is 0 Å². The van der Waals surface area contributed by atoms with Gasteiger partial charge in [-0.05, 0) is 24.4 Å². The molecule has 5 nitrogen and oxygen atoms in total. The van der Waals surface area contributed by atoms with Crippen LogP contribution in [-0.4, -0.2) is 34.7 Å². The van der Waals surface area contributed by atoms with Crippen LogP contribution < -0.4 is 10.0 Å². The summed E-state index contributed by atoms with van der Waals surface area (Å²) >= 11 is 1.46. The highest BCUT2D eigenvalue weighted by Crippen LogP contribution is 2.22. The molecule has 0 aliphatic heterocycles. The van der Waals surface area contributed by atoms with E-state index in [1.54, 1.807) is 13.2 Å². The lowest BCUT2D eigenvalue weighted by Crippen LogP contribution is -2.38. The van der Waals surface area contributed by atoms with E-state index in [-0.39, 0.29) is 6.04 Å². The summed E-state index contributed by atoms with van der Waals surface area (Å²) in [6.45, 7) is 5.80. The van der Waals surface area contributed by atoms with Crippen molar-refractivity contribution in [3.05, 3.63) is 16.3 Å². The number of nitrogens with one attached hydrogen (secondary N) is 2. The summed E-state index contributed by atoms with van der Waals surface area (Å²) in [5.41, 5.74) is 0. The molecule has 0 aliphatic rings. The van der Waals surface area contributed by atoms with E-state index in [0.717, 1.165) is 24.3 Å². The standard InChI is InChI=1S/C13H24N2O3S2/c1-4-6-11(10-18-3)15-20(16,17)13-7-8-19-12(13)9-14-5-2/h7-8,11,14-15H,4-6,9-10H2,1-3H3. The predicted octanol–water partition coefficient (Wildman–Crippen LogP) is 1.95. The molecule has 1 atom stereocenters. The molecule has 20 heavy (non-hydrogen) atoms. The van der Waals surface area contributed by atoms with Crippen LogP contribution in [0.25, 0.3) is 0 Å². The molecule has 0 aromatic carbocycles. The first-order valence-corrected chi connectivity index (χ1v) is 9.19. The van der Waals surface area contributed by atoms with Gasteiger partial charge in [-0.3, -0.25) is 0 Å². The summed E-state index contributed by atoms with van der Waals surface area (Å²) in [6, 6.07) is 1.48. The van der Waals surface area contributed by atoms with E-state index >= 15 is 0 Å². The molecule has 0 spiro atoms. The Bertz CT molecular complexity index is 480. The Morgan fingerprint density at radius 1 is 1.40 bits per heavy atom. The van der Waals surface area contributed by atoms with Gasteiger partial charge in [-0.25, -0.2) is 13.1 Å². The van der Waals surface area contributed by atoms with Crippen molar-refractivity contribution in [3.63, 3.8) is 0 Å². The van der Waals surface area contributed by atoms with Crippen LogP contribution in [0.2, 0.25) is 0 Å². The average Bonchev–Trinajstić information content (AvgIpc) is 2.85. The number of thiophene rings is 1. The molecule has 0 aliphatic carbocycles. The van der Waals surface area contributed by atoms with Crippen LogP contribution in [0.1, 0.15) is 31.6 Å². The van der Waals surface area contributed by atoms with Crippen LogP contribution in [0.3, 0.4) is 0 Å². The molecule has 2 N–H and O–H groups in total. The molecule has 116 valence electrons. The Kier molecular flexibility index (Phi) is 7.68. The van der Waals surface area contributed by atoms with Crippen molar-refractivity contribution in [2.24, 2.45) is 0 Å². The molecule has 1 heterocycles. The maximum absolute atomic E-state index is 12.4. The lowest BCUT2D eigenvalue weighted by Gasteiger charge is -2.17. The van der Waals surface area contributed by atoms with Crippen LogP contribution in [0, 0.1) is 0 Å². The van der Waals surface area contributed by atoms with Gasteiger partial charge < -0.3 is 10.1 Å². The summed E-state index contributed by atoms with van der Waals surface area (Å²) in [5, 5.41) is 4.97. The average molecular weight is 320 g/mol. The van der Waals surface area contributed by atoms with E-state index in [0.29, 0.717) is 18.0 Å². The third-order valence-corrected chi connectivity index (χ3v) is 5.51.